The normalized spacial score (nSPS) is 31.3. The Morgan fingerprint density at radius 3 is 1.65 bits per heavy atom. The van der Waals surface area contributed by atoms with Gasteiger partial charge in [0.1, 0.15) is 11.2 Å². The van der Waals surface area contributed by atoms with Crippen LogP contribution in [0.25, 0.3) is 60.0 Å². The van der Waals surface area contributed by atoms with Crippen LogP contribution in [0.4, 0.5) is 0 Å². The molecular formula is C44H35N3O. The molecule has 3 aromatic heterocycles. The van der Waals surface area contributed by atoms with Gasteiger partial charge in [-0.1, -0.05) is 18.2 Å². The van der Waals surface area contributed by atoms with Gasteiger partial charge in [-0.3, -0.25) is 0 Å². The van der Waals surface area contributed by atoms with Gasteiger partial charge in [-0.15, -0.1) is 0 Å². The van der Waals surface area contributed by atoms with Gasteiger partial charge in [0.15, 0.2) is 0 Å². The van der Waals surface area contributed by atoms with Crippen molar-refractivity contribution in [1.82, 2.24) is 4.40 Å². The lowest BCUT2D eigenvalue weighted by Crippen LogP contribution is -2.25. The number of para-hydroxylation sites is 1. The summed E-state index contributed by atoms with van der Waals surface area (Å²) >= 11 is 0. The molecule has 4 unspecified atom stereocenters. The van der Waals surface area contributed by atoms with Crippen LogP contribution in [0.15, 0.2) is 46.9 Å². The monoisotopic (exact) mass is 621 g/mol. The summed E-state index contributed by atoms with van der Waals surface area (Å²) in [5.41, 5.74) is 13.0. The lowest BCUT2D eigenvalue weighted by atomic mass is 9.67. The first-order valence-corrected chi connectivity index (χ1v) is 18.7. The minimum atomic E-state index is 0.477. The molecule has 8 bridgehead atoms. The maximum absolute atomic E-state index is 10.8. The Morgan fingerprint density at radius 2 is 1.06 bits per heavy atom. The zero-order valence-corrected chi connectivity index (χ0v) is 27.0. The minimum Gasteiger partial charge on any atom is -0.455 e. The van der Waals surface area contributed by atoms with E-state index in [2.05, 4.69) is 59.0 Å². The number of hydrogen-bond acceptors (Lipinski definition) is 3. The molecule has 4 saturated carbocycles. The molecule has 8 aliphatic rings. The highest BCUT2D eigenvalue weighted by molar-refractivity contribution is 6.34. The molecule has 0 radical (unpaired) electrons. The second-order valence-corrected chi connectivity index (χ2v) is 17.1. The minimum absolute atomic E-state index is 0.477. The van der Waals surface area contributed by atoms with Crippen molar-refractivity contribution in [3.63, 3.8) is 0 Å². The molecule has 4 nitrogen and oxygen atoms in total. The lowest BCUT2D eigenvalue weighted by molar-refractivity contribution is 0.166. The van der Waals surface area contributed by atoms with E-state index in [0.717, 1.165) is 51.5 Å². The molecule has 0 amide bonds. The van der Waals surface area contributed by atoms with Gasteiger partial charge in [-0.05, 0) is 158 Å². The summed E-state index contributed by atoms with van der Waals surface area (Å²) in [6.07, 6.45) is 12.7. The van der Waals surface area contributed by atoms with E-state index in [9.17, 15) is 10.5 Å². The Balaban J connectivity index is 1.30. The van der Waals surface area contributed by atoms with Gasteiger partial charge in [-0.25, -0.2) is 0 Å². The molecule has 4 fully saturated rings. The van der Waals surface area contributed by atoms with Crippen molar-refractivity contribution in [3.8, 4) is 12.1 Å². The van der Waals surface area contributed by atoms with Gasteiger partial charge in [0.2, 0.25) is 0 Å². The highest BCUT2D eigenvalue weighted by Crippen LogP contribution is 2.62. The van der Waals surface area contributed by atoms with Crippen molar-refractivity contribution in [2.45, 2.75) is 87.9 Å². The van der Waals surface area contributed by atoms with E-state index in [4.69, 9.17) is 4.42 Å². The van der Waals surface area contributed by atoms with E-state index < -0.39 is 0 Å². The number of benzene rings is 4. The highest BCUT2D eigenvalue weighted by atomic mass is 16.3. The molecule has 15 rings (SSSR count). The van der Waals surface area contributed by atoms with Crippen molar-refractivity contribution in [2.24, 2.45) is 23.7 Å². The molecule has 0 spiro atoms. The fourth-order valence-electron chi connectivity index (χ4n) is 13.7. The number of rotatable bonds is 0. The number of furan rings is 1. The Kier molecular flexibility index (Phi) is 4.43. The van der Waals surface area contributed by atoms with Crippen LogP contribution in [0.5, 0.6) is 0 Å². The quantitative estimate of drug-likeness (QED) is 0.169. The van der Waals surface area contributed by atoms with Crippen molar-refractivity contribution >= 4 is 60.0 Å². The van der Waals surface area contributed by atoms with Crippen LogP contribution in [-0.4, -0.2) is 4.40 Å². The van der Waals surface area contributed by atoms with Gasteiger partial charge < -0.3 is 8.82 Å². The van der Waals surface area contributed by atoms with Crippen molar-refractivity contribution < 1.29 is 4.42 Å². The fourth-order valence-corrected chi connectivity index (χ4v) is 13.7. The summed E-state index contributed by atoms with van der Waals surface area (Å²) in [7, 11) is 0. The summed E-state index contributed by atoms with van der Waals surface area (Å²) in [6, 6.07) is 21.0. The first kappa shape index (κ1) is 25.5. The van der Waals surface area contributed by atoms with Gasteiger partial charge in [-0.2, -0.15) is 10.5 Å². The molecule has 4 aromatic carbocycles. The molecule has 3 heterocycles. The zero-order valence-electron chi connectivity index (χ0n) is 27.0. The fraction of sp³-hybridized carbons (Fsp3) is 0.409. The second kappa shape index (κ2) is 8.36. The van der Waals surface area contributed by atoms with Gasteiger partial charge in [0, 0.05) is 26.9 Å². The number of fused-ring (bicyclic) bond motifs is 10. The summed E-state index contributed by atoms with van der Waals surface area (Å²) < 4.78 is 9.42. The van der Waals surface area contributed by atoms with Crippen molar-refractivity contribution in [1.29, 1.82) is 10.5 Å². The van der Waals surface area contributed by atoms with Gasteiger partial charge in [0.25, 0.3) is 0 Å². The van der Waals surface area contributed by atoms with Crippen LogP contribution in [0, 0.1) is 46.3 Å². The third-order valence-corrected chi connectivity index (χ3v) is 14.8. The topological polar surface area (TPSA) is 65.1 Å². The van der Waals surface area contributed by atoms with Crippen LogP contribution in [0.3, 0.4) is 0 Å². The molecule has 7 aromatic rings. The molecule has 0 N–H and O–H groups in total. The predicted molar refractivity (Wildman–Crippen MR) is 189 cm³/mol. The Bertz CT molecular complexity index is 2700. The Hall–Kier alpha value is -4.54. The lowest BCUT2D eigenvalue weighted by Gasteiger charge is -2.38. The molecule has 4 heteroatoms. The first-order valence-electron chi connectivity index (χ1n) is 18.7. The average molecular weight is 622 g/mol. The largest absolute Gasteiger partial charge is 0.455 e. The molecule has 0 aliphatic heterocycles. The smallest absolute Gasteiger partial charge is 0.145 e. The van der Waals surface area contributed by atoms with E-state index in [0.29, 0.717) is 23.7 Å². The zero-order chi connectivity index (χ0) is 31.2. The summed E-state index contributed by atoms with van der Waals surface area (Å²) in [6.45, 7) is 0. The third kappa shape index (κ3) is 2.84. The van der Waals surface area contributed by atoms with E-state index in [-0.39, 0.29) is 0 Å². The van der Waals surface area contributed by atoms with Crippen LogP contribution in [-0.2, 0) is 0 Å². The Morgan fingerprint density at radius 1 is 0.542 bits per heavy atom. The maximum Gasteiger partial charge on any atom is 0.145 e. The average Bonchev–Trinajstić information content (AvgIpc) is 3.65. The van der Waals surface area contributed by atoms with E-state index in [1.165, 1.54) is 130 Å². The highest BCUT2D eigenvalue weighted by Gasteiger charge is 2.47. The van der Waals surface area contributed by atoms with Crippen molar-refractivity contribution in [2.75, 3.05) is 0 Å². The van der Waals surface area contributed by atoms with E-state index in [1.807, 2.05) is 0 Å². The molecule has 8 aliphatic carbocycles. The molecule has 0 saturated heterocycles. The first-order chi connectivity index (χ1) is 23.6. The van der Waals surface area contributed by atoms with Crippen LogP contribution in [0.1, 0.15) is 121 Å². The number of nitrogens with zero attached hydrogens (tertiary/aromatic N) is 3. The number of hydrogen-bond donors (Lipinski definition) is 0. The second-order valence-electron chi connectivity index (χ2n) is 17.1. The van der Waals surface area contributed by atoms with E-state index >= 15 is 0 Å². The molecule has 48 heavy (non-hydrogen) atoms. The van der Waals surface area contributed by atoms with Gasteiger partial charge in [0.05, 0.1) is 45.2 Å². The summed E-state index contributed by atoms with van der Waals surface area (Å²) in [4.78, 5) is 0. The van der Waals surface area contributed by atoms with Crippen molar-refractivity contribution in [3.05, 3.63) is 75.8 Å². The molecular weight excluding hydrogens is 587 g/mol. The Labute approximate surface area is 278 Å². The number of nitriles is 2. The third-order valence-electron chi connectivity index (χ3n) is 14.8. The molecule has 232 valence electrons. The van der Waals surface area contributed by atoms with Gasteiger partial charge >= 0.3 is 0 Å². The van der Waals surface area contributed by atoms with Crippen LogP contribution >= 0.6 is 0 Å². The van der Waals surface area contributed by atoms with Crippen LogP contribution in [0.2, 0.25) is 0 Å². The molecule has 4 atom stereocenters. The SMILES string of the molecule is N#Cc1cc2c(c3c1C1CC4CC(C1)CC3C4)c1cc3c4ccccc4oc3c3c4c5c(c(C#N)cc4n2c13)C1CC2CC(C1)CC5C2. The standard InChI is InChI=1S/C44H35N3O/c45-18-28-15-33-40(38-26-11-20-5-21(12-26)8-24(7-20)36(28)38)32-17-31-30-3-1-2-4-35(30)48-44(31)42-41-34(47(33)43(32)42)16-29(19-46)37-25-9-22-6-23(10-25)14-27(13-22)39(37)41/h1-4,15-17,20-27H,5-14H2. The summed E-state index contributed by atoms with van der Waals surface area (Å²) in [5, 5.41) is 29.3. The summed E-state index contributed by atoms with van der Waals surface area (Å²) in [5.74, 6) is 5.07. The maximum atomic E-state index is 10.8. The van der Waals surface area contributed by atoms with E-state index in [1.54, 1.807) is 0 Å². The predicted octanol–water partition coefficient (Wildman–Crippen LogP) is 11.3. The number of aromatic nitrogens is 1. The van der Waals surface area contributed by atoms with Crippen LogP contribution < -0.4 is 0 Å².